The second-order valence-corrected chi connectivity index (χ2v) is 8.68. The van der Waals surface area contributed by atoms with Crippen molar-refractivity contribution in [2.75, 3.05) is 6.61 Å². The fourth-order valence-corrected chi connectivity index (χ4v) is 3.52. The third-order valence-corrected chi connectivity index (χ3v) is 4.68. The van der Waals surface area contributed by atoms with Crippen LogP contribution in [0.15, 0.2) is 35.4 Å². The van der Waals surface area contributed by atoms with Crippen LogP contribution in [-0.2, 0) is 9.53 Å². The summed E-state index contributed by atoms with van der Waals surface area (Å²) in [5.41, 5.74) is 1.29. The van der Waals surface area contributed by atoms with E-state index in [0.717, 1.165) is 15.8 Å². The summed E-state index contributed by atoms with van der Waals surface area (Å²) in [4.78, 5) is 29.3. The molecule has 6 heteroatoms. The van der Waals surface area contributed by atoms with E-state index in [2.05, 4.69) is 31.1 Å². The second-order valence-electron chi connectivity index (χ2n) is 6.78. The van der Waals surface area contributed by atoms with Crippen LogP contribution in [0, 0.1) is 0 Å². The average molecular weight is 344 g/mol. The number of hydrogen-bond donors (Lipinski definition) is 1. The molecule has 126 valence electrons. The Balaban J connectivity index is 1.79. The molecule has 1 fully saturated rings. The Bertz CT molecular complexity index is 798. The molecule has 1 aromatic carbocycles. The van der Waals surface area contributed by atoms with Crippen LogP contribution in [-0.4, -0.2) is 34.3 Å². The number of amides is 1. The van der Waals surface area contributed by atoms with E-state index in [1.165, 1.54) is 0 Å². The van der Waals surface area contributed by atoms with Gasteiger partial charge in [-0.3, -0.25) is 9.78 Å². The van der Waals surface area contributed by atoms with Crippen LogP contribution < -0.4 is 5.32 Å². The van der Waals surface area contributed by atoms with Gasteiger partial charge in [0.05, 0.1) is 17.7 Å². The number of nitrogens with one attached hydrogen (secondary N) is 1. The molecule has 0 saturated carbocycles. The van der Waals surface area contributed by atoms with Crippen LogP contribution >= 0.6 is 11.8 Å². The van der Waals surface area contributed by atoms with E-state index in [-0.39, 0.29) is 16.6 Å². The number of nitrogens with zero attached hydrogens (tertiary/aromatic N) is 1. The third kappa shape index (κ3) is 3.87. The van der Waals surface area contributed by atoms with Crippen LogP contribution in [0.3, 0.4) is 0 Å². The van der Waals surface area contributed by atoms with Gasteiger partial charge < -0.3 is 10.1 Å². The lowest BCUT2D eigenvalue weighted by molar-refractivity contribution is -0.139. The summed E-state index contributed by atoms with van der Waals surface area (Å²) in [7, 11) is 0. The Morgan fingerprint density at radius 3 is 2.79 bits per heavy atom. The number of rotatable bonds is 3. The molecule has 0 bridgehead atoms. The molecule has 0 aliphatic carbocycles. The van der Waals surface area contributed by atoms with Gasteiger partial charge in [0, 0.05) is 27.6 Å². The second kappa shape index (κ2) is 6.43. The Labute approximate surface area is 145 Å². The molecule has 5 nitrogen and oxygen atoms in total. The molecule has 1 aliphatic heterocycles. The highest BCUT2D eigenvalue weighted by molar-refractivity contribution is 8.00. The topological polar surface area (TPSA) is 68.3 Å². The number of carbonyl (C=O) groups excluding carboxylic acids is 2. The fourth-order valence-electron chi connectivity index (χ4n) is 2.51. The number of ether oxygens (including phenoxy) is 1. The molecule has 1 atom stereocenters. The number of fused-ring (bicyclic) bond motifs is 1. The first-order valence-corrected chi connectivity index (χ1v) is 8.70. The fraction of sp³-hybridized carbons (Fsp3) is 0.389. The van der Waals surface area contributed by atoms with Gasteiger partial charge in [-0.25, -0.2) is 4.79 Å². The molecule has 1 aromatic heterocycles. The average Bonchev–Trinajstić information content (AvgIpc) is 2.90. The Morgan fingerprint density at radius 2 is 2.12 bits per heavy atom. The summed E-state index contributed by atoms with van der Waals surface area (Å²) in [6, 6.07) is 7.27. The predicted octanol–water partition coefficient (Wildman–Crippen LogP) is 3.17. The molecule has 1 saturated heterocycles. The molecule has 24 heavy (non-hydrogen) atoms. The highest BCUT2D eigenvalue weighted by Gasteiger charge is 2.28. The number of esters is 1. The summed E-state index contributed by atoms with van der Waals surface area (Å²) in [6.45, 7) is 6.85. The SMILES string of the molecule is CC(C)(C)Sc1ccc2cc(C(=O)N[C@H]3CCOC3=O)cnc2c1. The minimum absolute atomic E-state index is 0.128. The van der Waals surface area contributed by atoms with E-state index in [9.17, 15) is 9.59 Å². The van der Waals surface area contributed by atoms with Gasteiger partial charge in [-0.05, 0) is 18.2 Å². The molecular formula is C18H20N2O3S. The first-order chi connectivity index (χ1) is 11.3. The number of carbonyl (C=O) groups is 2. The first kappa shape index (κ1) is 16.8. The van der Waals surface area contributed by atoms with Gasteiger partial charge in [0.25, 0.3) is 5.91 Å². The van der Waals surface area contributed by atoms with Crippen molar-refractivity contribution in [3.63, 3.8) is 0 Å². The maximum absolute atomic E-state index is 12.3. The van der Waals surface area contributed by atoms with Crippen molar-refractivity contribution in [2.45, 2.75) is 42.9 Å². The van der Waals surface area contributed by atoms with Gasteiger partial charge in [0.15, 0.2) is 0 Å². The van der Waals surface area contributed by atoms with Crippen LogP contribution in [0.2, 0.25) is 0 Å². The maximum Gasteiger partial charge on any atom is 0.328 e. The standard InChI is InChI=1S/C18H20N2O3S/c1-18(2,3)24-13-5-4-11-8-12(10-19-15(11)9-13)16(21)20-14-6-7-23-17(14)22/h4-5,8-10,14H,6-7H2,1-3H3,(H,20,21)/t14-/m0/s1. The van der Waals surface area contributed by atoms with Crippen molar-refractivity contribution in [3.05, 3.63) is 36.0 Å². The van der Waals surface area contributed by atoms with Gasteiger partial charge in [0.1, 0.15) is 6.04 Å². The summed E-state index contributed by atoms with van der Waals surface area (Å²) in [6.07, 6.45) is 2.06. The molecule has 1 amide bonds. The first-order valence-electron chi connectivity index (χ1n) is 7.88. The quantitative estimate of drug-likeness (QED) is 0.684. The zero-order valence-corrected chi connectivity index (χ0v) is 14.8. The van der Waals surface area contributed by atoms with Gasteiger partial charge >= 0.3 is 5.97 Å². The minimum Gasteiger partial charge on any atom is -0.464 e. The lowest BCUT2D eigenvalue weighted by Crippen LogP contribution is -2.37. The van der Waals surface area contributed by atoms with Crippen molar-refractivity contribution in [2.24, 2.45) is 0 Å². The smallest absolute Gasteiger partial charge is 0.328 e. The molecule has 3 rings (SSSR count). The highest BCUT2D eigenvalue weighted by atomic mass is 32.2. The highest BCUT2D eigenvalue weighted by Crippen LogP contribution is 2.33. The summed E-state index contributed by atoms with van der Waals surface area (Å²) in [5.74, 6) is -0.678. The summed E-state index contributed by atoms with van der Waals surface area (Å²) >= 11 is 1.78. The monoisotopic (exact) mass is 344 g/mol. The van der Waals surface area contributed by atoms with E-state index in [1.54, 1.807) is 24.0 Å². The molecular weight excluding hydrogens is 324 g/mol. The van der Waals surface area contributed by atoms with Gasteiger partial charge in [-0.15, -0.1) is 11.8 Å². The van der Waals surface area contributed by atoms with Crippen molar-refractivity contribution in [1.82, 2.24) is 10.3 Å². The number of aromatic nitrogens is 1. The van der Waals surface area contributed by atoms with Crippen molar-refractivity contribution < 1.29 is 14.3 Å². The zero-order valence-electron chi connectivity index (χ0n) is 14.0. The van der Waals surface area contributed by atoms with Gasteiger partial charge in [-0.2, -0.15) is 0 Å². The number of thioether (sulfide) groups is 1. The zero-order chi connectivity index (χ0) is 17.3. The molecule has 1 aliphatic rings. The van der Waals surface area contributed by atoms with E-state index >= 15 is 0 Å². The lowest BCUT2D eigenvalue weighted by Gasteiger charge is -2.17. The van der Waals surface area contributed by atoms with Crippen LogP contribution in [0.25, 0.3) is 10.9 Å². The van der Waals surface area contributed by atoms with Crippen LogP contribution in [0.1, 0.15) is 37.6 Å². The van der Waals surface area contributed by atoms with Gasteiger partial charge in [0.2, 0.25) is 0 Å². The van der Waals surface area contributed by atoms with Crippen molar-refractivity contribution in [1.29, 1.82) is 0 Å². The number of cyclic esters (lactones) is 1. The van der Waals surface area contributed by atoms with Crippen LogP contribution in [0.4, 0.5) is 0 Å². The molecule has 1 N–H and O–H groups in total. The van der Waals surface area contributed by atoms with E-state index in [1.807, 2.05) is 18.2 Å². The van der Waals surface area contributed by atoms with E-state index in [0.29, 0.717) is 18.6 Å². The Hall–Kier alpha value is -2.08. The van der Waals surface area contributed by atoms with Crippen molar-refractivity contribution in [3.8, 4) is 0 Å². The number of benzene rings is 1. The Morgan fingerprint density at radius 1 is 1.33 bits per heavy atom. The predicted molar refractivity (Wildman–Crippen MR) is 94.2 cm³/mol. The van der Waals surface area contributed by atoms with E-state index in [4.69, 9.17) is 4.74 Å². The summed E-state index contributed by atoms with van der Waals surface area (Å²) < 4.78 is 4.98. The molecule has 2 heterocycles. The normalized spacial score (nSPS) is 17.8. The minimum atomic E-state index is -0.557. The van der Waals surface area contributed by atoms with Crippen LogP contribution in [0.5, 0.6) is 0 Å². The molecule has 0 radical (unpaired) electrons. The lowest BCUT2D eigenvalue weighted by atomic mass is 10.1. The van der Waals surface area contributed by atoms with E-state index < -0.39 is 6.04 Å². The van der Waals surface area contributed by atoms with Gasteiger partial charge in [-0.1, -0.05) is 26.8 Å². The number of pyridine rings is 1. The Kier molecular flexibility index (Phi) is 4.49. The summed E-state index contributed by atoms with van der Waals surface area (Å²) in [5, 5.41) is 3.59. The molecule has 0 spiro atoms. The molecule has 2 aromatic rings. The largest absolute Gasteiger partial charge is 0.464 e. The number of hydrogen-bond acceptors (Lipinski definition) is 5. The maximum atomic E-state index is 12.3. The van der Waals surface area contributed by atoms with Crippen molar-refractivity contribution >= 4 is 34.5 Å². The molecule has 0 unspecified atom stereocenters. The third-order valence-electron chi connectivity index (χ3n) is 3.58.